The predicted octanol–water partition coefficient (Wildman–Crippen LogP) is 4.12. The average molecular weight is 395 g/mol. The molecule has 5 rings (SSSR count). The van der Waals surface area contributed by atoms with Crippen LogP contribution in [0.3, 0.4) is 0 Å². The number of aromatic nitrogens is 1. The fraction of sp³-hybridized carbons (Fsp3) is 0.0526. The molecule has 0 fully saturated rings. The smallest absolute Gasteiger partial charge is 0.264 e. The number of anilines is 2. The number of rotatable bonds is 3. The van der Waals surface area contributed by atoms with Crippen molar-refractivity contribution in [1.82, 2.24) is 4.98 Å². The molecule has 4 aromatic rings. The number of carbonyl (C=O) groups excluding carboxylic acids is 1. The Morgan fingerprint density at radius 2 is 1.96 bits per heavy atom. The number of nitrogens with one attached hydrogen (secondary N) is 2. The van der Waals surface area contributed by atoms with E-state index in [2.05, 4.69) is 15.0 Å². The Kier molecular flexibility index (Phi) is 3.31. The van der Waals surface area contributed by atoms with Crippen LogP contribution >= 0.6 is 11.3 Å². The first-order chi connectivity index (χ1) is 12.9. The van der Waals surface area contributed by atoms with Crippen molar-refractivity contribution < 1.29 is 13.2 Å². The van der Waals surface area contributed by atoms with Crippen molar-refractivity contribution in [3.63, 3.8) is 0 Å². The van der Waals surface area contributed by atoms with Gasteiger partial charge in [0.2, 0.25) is 0 Å². The molecule has 6 nitrogen and oxygen atoms in total. The van der Waals surface area contributed by atoms with Crippen molar-refractivity contribution in [2.75, 3.05) is 10.0 Å². The van der Waals surface area contributed by atoms with Crippen LogP contribution in [0, 0.1) is 6.92 Å². The molecule has 0 bridgehead atoms. The van der Waals surface area contributed by atoms with Crippen LogP contribution in [-0.2, 0) is 10.0 Å². The van der Waals surface area contributed by atoms with Gasteiger partial charge < -0.3 is 5.32 Å². The number of fused-ring (bicyclic) bond motifs is 1. The minimum Gasteiger partial charge on any atom is -0.321 e. The molecule has 0 saturated carbocycles. The lowest BCUT2D eigenvalue weighted by molar-refractivity contribution is 0.103. The fourth-order valence-corrected chi connectivity index (χ4v) is 5.75. The van der Waals surface area contributed by atoms with E-state index < -0.39 is 10.0 Å². The number of amides is 1. The Morgan fingerprint density at radius 1 is 1.11 bits per heavy atom. The third kappa shape index (κ3) is 2.48. The highest BCUT2D eigenvalue weighted by molar-refractivity contribution is 7.93. The zero-order valence-electron chi connectivity index (χ0n) is 14.1. The topological polar surface area (TPSA) is 88.2 Å². The minimum absolute atomic E-state index is 0.120. The number of aryl methyl sites for hydroxylation is 1. The first-order valence-electron chi connectivity index (χ1n) is 8.19. The fourth-order valence-electron chi connectivity index (χ4n) is 3.34. The van der Waals surface area contributed by atoms with Gasteiger partial charge in [0.1, 0.15) is 0 Å². The van der Waals surface area contributed by atoms with Gasteiger partial charge in [0.15, 0.2) is 5.13 Å². The number of hydrogen-bond acceptors (Lipinski definition) is 5. The van der Waals surface area contributed by atoms with Gasteiger partial charge in [0.05, 0.1) is 15.1 Å². The third-order valence-corrected chi connectivity index (χ3v) is 7.01. The second kappa shape index (κ2) is 5.51. The summed E-state index contributed by atoms with van der Waals surface area (Å²) in [4.78, 5) is 16.5. The quantitative estimate of drug-likeness (QED) is 0.546. The molecule has 1 aromatic heterocycles. The van der Waals surface area contributed by atoms with E-state index in [4.69, 9.17) is 0 Å². The Balaban J connectivity index is 1.63. The summed E-state index contributed by atoms with van der Waals surface area (Å²) in [5.41, 5.74) is 2.94. The molecule has 8 heteroatoms. The first-order valence-corrected chi connectivity index (χ1v) is 10.5. The number of benzene rings is 3. The maximum absolute atomic E-state index is 13.0. The molecule has 3 aromatic carbocycles. The molecule has 1 aliphatic heterocycles. The Bertz CT molecular complexity index is 1370. The Labute approximate surface area is 158 Å². The summed E-state index contributed by atoms with van der Waals surface area (Å²) in [6, 6.07) is 14.0. The van der Waals surface area contributed by atoms with Crippen molar-refractivity contribution in [1.29, 1.82) is 0 Å². The van der Waals surface area contributed by atoms with E-state index in [0.717, 1.165) is 15.8 Å². The molecule has 27 heavy (non-hydrogen) atoms. The zero-order valence-corrected chi connectivity index (χ0v) is 15.7. The lowest BCUT2D eigenvalue weighted by atomic mass is 10.1. The van der Waals surface area contributed by atoms with Gasteiger partial charge in [-0.05, 0) is 42.8 Å². The molecule has 1 aliphatic rings. The van der Waals surface area contributed by atoms with E-state index in [0.29, 0.717) is 27.2 Å². The van der Waals surface area contributed by atoms with Crippen molar-refractivity contribution in [2.45, 2.75) is 11.8 Å². The summed E-state index contributed by atoms with van der Waals surface area (Å²) in [5, 5.41) is 4.21. The normalized spacial score (nSPS) is 13.3. The standard InChI is InChI=1S/C19H13N3O3S2/c1-10-5-6-13-15(9-10)26-19(21-13)22-27(24,25)16-8-7-14-17-11(16)3-2-4-12(17)18(23)20-14/h2-9H,1H3,(H,20,23)(H,21,22). The third-order valence-electron chi connectivity index (χ3n) is 4.55. The molecule has 134 valence electrons. The van der Waals surface area contributed by atoms with Gasteiger partial charge in [-0.15, -0.1) is 0 Å². The first kappa shape index (κ1) is 16.2. The zero-order chi connectivity index (χ0) is 18.8. The minimum atomic E-state index is -3.86. The summed E-state index contributed by atoms with van der Waals surface area (Å²) < 4.78 is 29.6. The van der Waals surface area contributed by atoms with Gasteiger partial charge in [0, 0.05) is 22.0 Å². The lowest BCUT2D eigenvalue weighted by Gasteiger charge is -2.09. The summed E-state index contributed by atoms with van der Waals surface area (Å²) in [6.45, 7) is 1.98. The van der Waals surface area contributed by atoms with Crippen LogP contribution in [0.1, 0.15) is 15.9 Å². The predicted molar refractivity (Wildman–Crippen MR) is 107 cm³/mol. The van der Waals surface area contributed by atoms with Crippen molar-refractivity contribution in [3.05, 3.63) is 59.7 Å². The molecule has 1 amide bonds. The van der Waals surface area contributed by atoms with Gasteiger partial charge in [-0.3, -0.25) is 9.52 Å². The summed E-state index contributed by atoms with van der Waals surface area (Å²) in [7, 11) is -3.86. The maximum atomic E-state index is 13.0. The molecule has 2 heterocycles. The largest absolute Gasteiger partial charge is 0.321 e. The second-order valence-electron chi connectivity index (χ2n) is 6.39. The van der Waals surface area contributed by atoms with Gasteiger partial charge >= 0.3 is 0 Å². The van der Waals surface area contributed by atoms with Crippen LogP contribution < -0.4 is 10.0 Å². The number of thiazole rings is 1. The van der Waals surface area contributed by atoms with E-state index in [1.165, 1.54) is 17.4 Å². The number of sulfonamides is 1. The van der Waals surface area contributed by atoms with Gasteiger partial charge in [0.25, 0.3) is 15.9 Å². The summed E-state index contributed by atoms with van der Waals surface area (Å²) in [5.74, 6) is -0.223. The summed E-state index contributed by atoms with van der Waals surface area (Å²) >= 11 is 1.29. The van der Waals surface area contributed by atoms with E-state index in [9.17, 15) is 13.2 Å². The highest BCUT2D eigenvalue weighted by Crippen LogP contribution is 2.37. The Morgan fingerprint density at radius 3 is 2.81 bits per heavy atom. The summed E-state index contributed by atoms with van der Waals surface area (Å²) in [6.07, 6.45) is 0. The van der Waals surface area contributed by atoms with Crippen LogP contribution in [0.5, 0.6) is 0 Å². The van der Waals surface area contributed by atoms with Gasteiger partial charge in [-0.2, -0.15) is 0 Å². The number of carbonyl (C=O) groups is 1. The van der Waals surface area contributed by atoms with Crippen LogP contribution in [0.2, 0.25) is 0 Å². The molecule has 0 radical (unpaired) electrons. The molecule has 0 aliphatic carbocycles. The van der Waals surface area contributed by atoms with Gasteiger partial charge in [-0.25, -0.2) is 13.4 Å². The van der Waals surface area contributed by atoms with Crippen LogP contribution in [0.25, 0.3) is 21.0 Å². The van der Waals surface area contributed by atoms with Crippen molar-refractivity contribution in [3.8, 4) is 0 Å². The van der Waals surface area contributed by atoms with Crippen molar-refractivity contribution in [2.24, 2.45) is 0 Å². The number of hydrogen-bond donors (Lipinski definition) is 2. The van der Waals surface area contributed by atoms with E-state index in [-0.39, 0.29) is 10.8 Å². The van der Waals surface area contributed by atoms with Crippen LogP contribution in [-0.4, -0.2) is 19.3 Å². The Hall–Kier alpha value is -2.97. The van der Waals surface area contributed by atoms with Crippen LogP contribution in [0.4, 0.5) is 10.8 Å². The molecule has 0 atom stereocenters. The average Bonchev–Trinajstić information content (AvgIpc) is 3.16. The molecule has 0 unspecified atom stereocenters. The molecular formula is C19H13N3O3S2. The van der Waals surface area contributed by atoms with E-state index >= 15 is 0 Å². The van der Waals surface area contributed by atoms with E-state index in [1.807, 2.05) is 25.1 Å². The second-order valence-corrected chi connectivity index (χ2v) is 9.07. The van der Waals surface area contributed by atoms with Crippen LogP contribution in [0.15, 0.2) is 53.4 Å². The maximum Gasteiger partial charge on any atom is 0.264 e. The molecular weight excluding hydrogens is 382 g/mol. The number of nitrogens with zero attached hydrogens (tertiary/aromatic N) is 1. The molecule has 0 spiro atoms. The van der Waals surface area contributed by atoms with E-state index in [1.54, 1.807) is 24.3 Å². The molecule has 2 N–H and O–H groups in total. The molecule has 0 saturated heterocycles. The van der Waals surface area contributed by atoms with Crippen molar-refractivity contribution >= 4 is 59.1 Å². The SMILES string of the molecule is Cc1ccc2nc(NS(=O)(=O)c3ccc4c5c(cccc35)C(=O)N4)sc2c1. The monoisotopic (exact) mass is 395 g/mol. The van der Waals surface area contributed by atoms with Gasteiger partial charge in [-0.1, -0.05) is 29.5 Å². The highest BCUT2D eigenvalue weighted by atomic mass is 32.2. The lowest BCUT2D eigenvalue weighted by Crippen LogP contribution is -2.13. The highest BCUT2D eigenvalue weighted by Gasteiger charge is 2.26.